The first kappa shape index (κ1) is 15.6. The first-order valence-electron chi connectivity index (χ1n) is 8.25. The molecule has 128 valence electrons. The van der Waals surface area contributed by atoms with E-state index in [2.05, 4.69) is 20.8 Å². The van der Waals surface area contributed by atoms with Gasteiger partial charge >= 0.3 is 6.01 Å². The minimum Gasteiger partial charge on any atom is -0.493 e. The van der Waals surface area contributed by atoms with Crippen molar-refractivity contribution in [1.29, 1.82) is 0 Å². The molecule has 0 atom stereocenters. The molecule has 7 heteroatoms. The number of hydrogen-bond acceptors (Lipinski definition) is 6. The lowest BCUT2D eigenvalue weighted by Gasteiger charge is -2.12. The number of hydrogen-bond donors (Lipinski definition) is 1. The number of nitrogens with one attached hydrogen (secondary N) is 1. The highest BCUT2D eigenvalue weighted by atomic mass is 16.5. The van der Waals surface area contributed by atoms with Gasteiger partial charge in [-0.25, -0.2) is 0 Å². The van der Waals surface area contributed by atoms with Crippen molar-refractivity contribution in [3.8, 4) is 23.2 Å². The topological polar surface area (TPSA) is 74.1 Å². The Bertz CT molecular complexity index is 846. The SMILES string of the molecule is COc1cc(CNC2CC2)ccc1Oc1nnnn1-c1ccccc1. The second-order valence-corrected chi connectivity index (χ2v) is 5.95. The fraction of sp³-hybridized carbons (Fsp3) is 0.278. The van der Waals surface area contributed by atoms with Crippen LogP contribution in [0.2, 0.25) is 0 Å². The van der Waals surface area contributed by atoms with Crippen LogP contribution in [0.25, 0.3) is 5.69 Å². The predicted molar refractivity (Wildman–Crippen MR) is 92.1 cm³/mol. The summed E-state index contributed by atoms with van der Waals surface area (Å²) in [5.74, 6) is 1.22. The Balaban J connectivity index is 1.55. The second kappa shape index (κ2) is 6.90. The molecule has 0 saturated heterocycles. The lowest BCUT2D eigenvalue weighted by Crippen LogP contribution is -2.15. The third-order valence-electron chi connectivity index (χ3n) is 4.04. The molecule has 2 aromatic carbocycles. The molecule has 0 unspecified atom stereocenters. The predicted octanol–water partition coefficient (Wildman–Crippen LogP) is 2.72. The van der Waals surface area contributed by atoms with Crippen molar-refractivity contribution in [2.24, 2.45) is 0 Å². The van der Waals surface area contributed by atoms with Crippen molar-refractivity contribution >= 4 is 0 Å². The molecule has 0 bridgehead atoms. The molecule has 4 rings (SSSR count). The number of tetrazole rings is 1. The van der Waals surface area contributed by atoms with E-state index in [9.17, 15) is 0 Å². The van der Waals surface area contributed by atoms with E-state index in [1.165, 1.54) is 12.8 Å². The number of nitrogens with zero attached hydrogens (tertiary/aromatic N) is 4. The lowest BCUT2D eigenvalue weighted by atomic mass is 10.2. The van der Waals surface area contributed by atoms with Crippen LogP contribution in [0, 0.1) is 0 Å². The highest BCUT2D eigenvalue weighted by Crippen LogP contribution is 2.32. The Hall–Kier alpha value is -2.93. The van der Waals surface area contributed by atoms with Gasteiger partial charge in [0.05, 0.1) is 12.8 Å². The summed E-state index contributed by atoms with van der Waals surface area (Å²) in [7, 11) is 1.63. The highest BCUT2D eigenvalue weighted by molar-refractivity contribution is 5.44. The number of benzene rings is 2. The van der Waals surface area contributed by atoms with E-state index in [0.29, 0.717) is 17.5 Å². The maximum atomic E-state index is 5.90. The Morgan fingerprint density at radius 2 is 1.96 bits per heavy atom. The summed E-state index contributed by atoms with van der Waals surface area (Å²) in [6.07, 6.45) is 2.53. The smallest absolute Gasteiger partial charge is 0.346 e. The highest BCUT2D eigenvalue weighted by Gasteiger charge is 2.20. The molecule has 1 aromatic heterocycles. The molecule has 1 fully saturated rings. The number of rotatable bonds is 7. The number of ether oxygens (including phenoxy) is 2. The van der Waals surface area contributed by atoms with Crippen LogP contribution in [-0.4, -0.2) is 33.4 Å². The van der Waals surface area contributed by atoms with Gasteiger partial charge in [-0.05, 0) is 53.1 Å². The maximum Gasteiger partial charge on any atom is 0.346 e. The van der Waals surface area contributed by atoms with Crippen LogP contribution < -0.4 is 14.8 Å². The number of methoxy groups -OCH3 is 1. The van der Waals surface area contributed by atoms with E-state index in [1.54, 1.807) is 11.8 Å². The van der Waals surface area contributed by atoms with Crippen LogP contribution in [0.15, 0.2) is 48.5 Å². The molecule has 0 radical (unpaired) electrons. The Morgan fingerprint density at radius 3 is 2.72 bits per heavy atom. The summed E-state index contributed by atoms with van der Waals surface area (Å²) in [5, 5.41) is 15.2. The molecule has 1 heterocycles. The summed E-state index contributed by atoms with van der Waals surface area (Å²) in [4.78, 5) is 0. The number of para-hydroxylation sites is 1. The molecular formula is C18H19N5O2. The molecule has 0 spiro atoms. The lowest BCUT2D eigenvalue weighted by molar-refractivity contribution is 0.362. The van der Waals surface area contributed by atoms with Gasteiger partial charge in [-0.2, -0.15) is 4.68 Å². The molecule has 7 nitrogen and oxygen atoms in total. The molecular weight excluding hydrogens is 318 g/mol. The Morgan fingerprint density at radius 1 is 1.12 bits per heavy atom. The van der Waals surface area contributed by atoms with Gasteiger partial charge in [-0.3, -0.25) is 0 Å². The monoisotopic (exact) mass is 337 g/mol. The van der Waals surface area contributed by atoms with Gasteiger partial charge in [0.15, 0.2) is 11.5 Å². The molecule has 1 saturated carbocycles. The zero-order chi connectivity index (χ0) is 17.1. The third-order valence-corrected chi connectivity index (χ3v) is 4.04. The van der Waals surface area contributed by atoms with E-state index >= 15 is 0 Å². The minimum absolute atomic E-state index is 0.286. The van der Waals surface area contributed by atoms with Crippen LogP contribution in [0.4, 0.5) is 0 Å². The fourth-order valence-electron chi connectivity index (χ4n) is 2.53. The van der Waals surface area contributed by atoms with Gasteiger partial charge < -0.3 is 14.8 Å². The van der Waals surface area contributed by atoms with Crippen molar-refractivity contribution in [3.63, 3.8) is 0 Å². The van der Waals surface area contributed by atoms with Gasteiger partial charge in [0.25, 0.3) is 0 Å². The zero-order valence-electron chi connectivity index (χ0n) is 13.9. The molecule has 0 amide bonds. The summed E-state index contributed by atoms with van der Waals surface area (Å²) in [5.41, 5.74) is 1.98. The molecule has 25 heavy (non-hydrogen) atoms. The normalized spacial score (nSPS) is 13.6. The van der Waals surface area contributed by atoms with E-state index < -0.39 is 0 Å². The summed E-state index contributed by atoms with van der Waals surface area (Å²) in [6.45, 7) is 0.822. The summed E-state index contributed by atoms with van der Waals surface area (Å²) >= 11 is 0. The van der Waals surface area contributed by atoms with Crippen LogP contribution >= 0.6 is 0 Å². The Kier molecular flexibility index (Phi) is 4.30. The van der Waals surface area contributed by atoms with Crippen molar-refractivity contribution in [3.05, 3.63) is 54.1 Å². The van der Waals surface area contributed by atoms with E-state index in [-0.39, 0.29) is 6.01 Å². The molecule has 0 aliphatic heterocycles. The molecule has 1 N–H and O–H groups in total. The fourth-order valence-corrected chi connectivity index (χ4v) is 2.53. The molecule has 3 aromatic rings. The first-order valence-corrected chi connectivity index (χ1v) is 8.25. The Labute approximate surface area is 145 Å². The quantitative estimate of drug-likeness (QED) is 0.714. The van der Waals surface area contributed by atoms with Gasteiger partial charge in [0.1, 0.15) is 0 Å². The van der Waals surface area contributed by atoms with Crippen LogP contribution in [0.3, 0.4) is 0 Å². The zero-order valence-corrected chi connectivity index (χ0v) is 13.9. The van der Waals surface area contributed by atoms with Crippen molar-refractivity contribution in [1.82, 2.24) is 25.5 Å². The van der Waals surface area contributed by atoms with Crippen LogP contribution in [0.5, 0.6) is 17.5 Å². The minimum atomic E-state index is 0.286. The average Bonchev–Trinajstić information content (AvgIpc) is 3.38. The van der Waals surface area contributed by atoms with E-state index in [4.69, 9.17) is 9.47 Å². The number of aromatic nitrogens is 4. The van der Waals surface area contributed by atoms with Crippen molar-refractivity contribution < 1.29 is 9.47 Å². The van der Waals surface area contributed by atoms with E-state index in [1.807, 2.05) is 48.5 Å². The van der Waals surface area contributed by atoms with Gasteiger partial charge in [0, 0.05) is 12.6 Å². The van der Waals surface area contributed by atoms with Crippen LogP contribution in [-0.2, 0) is 6.54 Å². The van der Waals surface area contributed by atoms with E-state index in [0.717, 1.165) is 17.8 Å². The largest absolute Gasteiger partial charge is 0.493 e. The summed E-state index contributed by atoms with van der Waals surface area (Å²) in [6, 6.07) is 16.4. The maximum absolute atomic E-state index is 5.90. The van der Waals surface area contributed by atoms with Gasteiger partial charge in [-0.1, -0.05) is 29.4 Å². The molecule has 1 aliphatic carbocycles. The van der Waals surface area contributed by atoms with Gasteiger partial charge in [-0.15, -0.1) is 0 Å². The first-order chi connectivity index (χ1) is 12.3. The van der Waals surface area contributed by atoms with Gasteiger partial charge in [0.2, 0.25) is 0 Å². The summed E-state index contributed by atoms with van der Waals surface area (Å²) < 4.78 is 12.9. The molecule has 1 aliphatic rings. The second-order valence-electron chi connectivity index (χ2n) is 5.95. The van der Waals surface area contributed by atoms with Crippen LogP contribution in [0.1, 0.15) is 18.4 Å². The third kappa shape index (κ3) is 3.61. The van der Waals surface area contributed by atoms with Crippen molar-refractivity contribution in [2.45, 2.75) is 25.4 Å². The average molecular weight is 337 g/mol. The standard InChI is InChI=1S/C18H19N5O2/c1-24-17-11-13(12-19-14-8-9-14)7-10-16(17)25-18-20-21-22-23(18)15-5-3-2-4-6-15/h2-7,10-11,14,19H,8-9,12H2,1H3. The van der Waals surface area contributed by atoms with Crippen molar-refractivity contribution in [2.75, 3.05) is 7.11 Å².